The van der Waals surface area contributed by atoms with Crippen LogP contribution in [0.3, 0.4) is 0 Å². The van der Waals surface area contributed by atoms with Crippen molar-refractivity contribution in [3.05, 3.63) is 35.4 Å². The maximum Gasteiger partial charge on any atom is 0.264 e. The van der Waals surface area contributed by atoms with E-state index in [9.17, 15) is 13.2 Å². The Balaban J connectivity index is 0.000000956. The maximum atomic E-state index is 11.8. The van der Waals surface area contributed by atoms with Crippen LogP contribution in [-0.4, -0.2) is 19.6 Å². The molecule has 0 atom stereocenters. The normalized spacial score (nSPS) is 14.4. The van der Waals surface area contributed by atoms with Crippen LogP contribution in [0.15, 0.2) is 24.3 Å². The van der Waals surface area contributed by atoms with Gasteiger partial charge >= 0.3 is 0 Å². The zero-order chi connectivity index (χ0) is 15.3. The number of nitrogens with one attached hydrogen (secondary N) is 1. The lowest BCUT2D eigenvalue weighted by molar-refractivity contribution is 0.0981. The van der Waals surface area contributed by atoms with Gasteiger partial charge in [-0.25, -0.2) is 13.1 Å². The SMILES string of the molecule is CC.CC(C)c1ccc(C(=O)NS(=O)(=O)C2CC2)cc1. The molecule has 1 amide bonds. The summed E-state index contributed by atoms with van der Waals surface area (Å²) >= 11 is 0. The Kier molecular flexibility index (Phi) is 5.74. The number of benzene rings is 1. The molecular formula is C15H23NO3S. The smallest absolute Gasteiger partial charge is 0.264 e. The molecular weight excluding hydrogens is 274 g/mol. The summed E-state index contributed by atoms with van der Waals surface area (Å²) in [5.41, 5.74) is 1.50. The van der Waals surface area contributed by atoms with Crippen LogP contribution in [0.1, 0.15) is 62.4 Å². The van der Waals surface area contributed by atoms with Gasteiger partial charge in [0.25, 0.3) is 5.91 Å². The van der Waals surface area contributed by atoms with Crippen LogP contribution in [0, 0.1) is 0 Å². The quantitative estimate of drug-likeness (QED) is 0.929. The minimum atomic E-state index is -3.46. The molecule has 5 heteroatoms. The van der Waals surface area contributed by atoms with E-state index in [0.29, 0.717) is 24.3 Å². The summed E-state index contributed by atoms with van der Waals surface area (Å²) in [4.78, 5) is 11.8. The van der Waals surface area contributed by atoms with Crippen LogP contribution in [0.25, 0.3) is 0 Å². The van der Waals surface area contributed by atoms with E-state index < -0.39 is 15.9 Å². The molecule has 1 aliphatic carbocycles. The summed E-state index contributed by atoms with van der Waals surface area (Å²) in [6.45, 7) is 8.12. The second-order valence-corrected chi connectivity index (χ2v) is 6.91. The van der Waals surface area contributed by atoms with Gasteiger partial charge in [0.05, 0.1) is 5.25 Å². The van der Waals surface area contributed by atoms with Crippen molar-refractivity contribution in [1.29, 1.82) is 0 Å². The van der Waals surface area contributed by atoms with E-state index in [1.807, 2.05) is 26.0 Å². The molecule has 2 rings (SSSR count). The average Bonchev–Trinajstić information content (AvgIpc) is 3.25. The van der Waals surface area contributed by atoms with Gasteiger partial charge in [-0.15, -0.1) is 0 Å². The van der Waals surface area contributed by atoms with Crippen LogP contribution in [0.4, 0.5) is 0 Å². The highest BCUT2D eigenvalue weighted by Crippen LogP contribution is 2.27. The Morgan fingerprint density at radius 1 is 1.15 bits per heavy atom. The van der Waals surface area contributed by atoms with Gasteiger partial charge in [0.2, 0.25) is 10.0 Å². The Labute approximate surface area is 121 Å². The monoisotopic (exact) mass is 297 g/mol. The molecule has 1 saturated carbocycles. The van der Waals surface area contributed by atoms with Crippen LogP contribution < -0.4 is 4.72 Å². The van der Waals surface area contributed by atoms with E-state index >= 15 is 0 Å². The van der Waals surface area contributed by atoms with E-state index in [1.165, 1.54) is 0 Å². The summed E-state index contributed by atoms with van der Waals surface area (Å²) in [5, 5.41) is -0.378. The van der Waals surface area contributed by atoms with Gasteiger partial charge in [0.15, 0.2) is 0 Å². The van der Waals surface area contributed by atoms with E-state index in [2.05, 4.69) is 18.6 Å². The van der Waals surface area contributed by atoms with Crippen LogP contribution in [0.5, 0.6) is 0 Å². The van der Waals surface area contributed by atoms with Crippen molar-refractivity contribution in [3.63, 3.8) is 0 Å². The molecule has 0 spiro atoms. The van der Waals surface area contributed by atoms with Gasteiger partial charge in [0.1, 0.15) is 0 Å². The summed E-state index contributed by atoms with van der Waals surface area (Å²) in [7, 11) is -3.46. The molecule has 0 aliphatic heterocycles. The highest BCUT2D eigenvalue weighted by atomic mass is 32.2. The molecule has 0 bridgehead atoms. The largest absolute Gasteiger partial charge is 0.268 e. The van der Waals surface area contributed by atoms with Crippen molar-refractivity contribution in [3.8, 4) is 0 Å². The Hall–Kier alpha value is -1.36. The first-order chi connectivity index (χ1) is 9.40. The van der Waals surface area contributed by atoms with Crippen molar-refractivity contribution in [2.75, 3.05) is 0 Å². The summed E-state index contributed by atoms with van der Waals surface area (Å²) < 4.78 is 25.4. The molecule has 1 fully saturated rings. The van der Waals surface area contributed by atoms with Gasteiger partial charge in [-0.3, -0.25) is 4.79 Å². The fraction of sp³-hybridized carbons (Fsp3) is 0.533. The lowest BCUT2D eigenvalue weighted by Gasteiger charge is -2.08. The standard InChI is InChI=1S/C13H17NO3S.C2H6/c1-9(2)10-3-5-11(6-4-10)13(15)14-18(16,17)12-7-8-12;1-2/h3-6,9,12H,7-8H2,1-2H3,(H,14,15);1-2H3. The van der Waals surface area contributed by atoms with Gasteiger partial charge in [0, 0.05) is 5.56 Å². The number of carbonyl (C=O) groups is 1. The van der Waals surface area contributed by atoms with Crippen LogP contribution in [-0.2, 0) is 10.0 Å². The van der Waals surface area contributed by atoms with Gasteiger partial charge < -0.3 is 0 Å². The number of carbonyl (C=O) groups excluding carboxylic acids is 1. The predicted molar refractivity (Wildman–Crippen MR) is 81.3 cm³/mol. The topological polar surface area (TPSA) is 63.2 Å². The Morgan fingerprint density at radius 2 is 1.65 bits per heavy atom. The molecule has 1 aliphatic rings. The van der Waals surface area contributed by atoms with E-state index in [0.717, 1.165) is 5.56 Å². The van der Waals surface area contributed by atoms with E-state index in [-0.39, 0.29) is 5.25 Å². The molecule has 1 N–H and O–H groups in total. The number of rotatable bonds is 4. The molecule has 0 heterocycles. The van der Waals surface area contributed by atoms with Crippen molar-refractivity contribution in [2.24, 2.45) is 0 Å². The minimum Gasteiger partial charge on any atom is -0.268 e. The zero-order valence-corrected chi connectivity index (χ0v) is 13.3. The van der Waals surface area contributed by atoms with Crippen molar-refractivity contribution in [2.45, 2.75) is 51.7 Å². The third-order valence-corrected chi connectivity index (χ3v) is 4.86. The lowest BCUT2D eigenvalue weighted by atomic mass is 10.0. The molecule has 1 aromatic carbocycles. The van der Waals surface area contributed by atoms with Crippen molar-refractivity contribution < 1.29 is 13.2 Å². The molecule has 112 valence electrons. The van der Waals surface area contributed by atoms with Gasteiger partial charge in [-0.05, 0) is 36.5 Å². The number of hydrogen-bond acceptors (Lipinski definition) is 3. The third-order valence-electron chi connectivity index (χ3n) is 3.04. The first kappa shape index (κ1) is 16.7. The minimum absolute atomic E-state index is 0.378. The van der Waals surface area contributed by atoms with Crippen molar-refractivity contribution >= 4 is 15.9 Å². The van der Waals surface area contributed by atoms with Crippen LogP contribution >= 0.6 is 0 Å². The first-order valence-electron chi connectivity index (χ1n) is 7.06. The fourth-order valence-electron chi connectivity index (χ4n) is 1.67. The van der Waals surface area contributed by atoms with Crippen molar-refractivity contribution in [1.82, 2.24) is 4.72 Å². The fourth-order valence-corrected chi connectivity index (χ4v) is 2.97. The number of hydrogen-bond donors (Lipinski definition) is 1. The lowest BCUT2D eigenvalue weighted by Crippen LogP contribution is -2.33. The van der Waals surface area contributed by atoms with Gasteiger partial charge in [-0.1, -0.05) is 39.8 Å². The Morgan fingerprint density at radius 3 is 2.05 bits per heavy atom. The second kappa shape index (κ2) is 6.88. The molecule has 0 unspecified atom stereocenters. The summed E-state index contributed by atoms with van der Waals surface area (Å²) in [5.74, 6) is -0.158. The average molecular weight is 297 g/mol. The maximum absolute atomic E-state index is 11.8. The molecule has 20 heavy (non-hydrogen) atoms. The third kappa shape index (κ3) is 4.34. The molecule has 0 aromatic heterocycles. The summed E-state index contributed by atoms with van der Waals surface area (Å²) in [6, 6.07) is 7.02. The first-order valence-corrected chi connectivity index (χ1v) is 8.60. The molecule has 0 radical (unpaired) electrons. The molecule has 0 saturated heterocycles. The number of amides is 1. The second-order valence-electron chi connectivity index (χ2n) is 4.95. The highest BCUT2D eigenvalue weighted by molar-refractivity contribution is 7.91. The molecule has 1 aromatic rings. The van der Waals surface area contributed by atoms with E-state index in [4.69, 9.17) is 0 Å². The van der Waals surface area contributed by atoms with E-state index in [1.54, 1.807) is 12.1 Å². The molecule has 4 nitrogen and oxygen atoms in total. The van der Waals surface area contributed by atoms with Crippen LogP contribution in [0.2, 0.25) is 0 Å². The van der Waals surface area contributed by atoms with Gasteiger partial charge in [-0.2, -0.15) is 0 Å². The number of sulfonamides is 1. The predicted octanol–water partition coefficient (Wildman–Crippen LogP) is 3.06. The summed E-state index contributed by atoms with van der Waals surface area (Å²) in [6.07, 6.45) is 1.30. The zero-order valence-electron chi connectivity index (χ0n) is 12.5. The Bertz CT molecular complexity index is 543. The highest BCUT2D eigenvalue weighted by Gasteiger charge is 2.36.